The molecule has 17 atom stereocenters. The highest BCUT2D eigenvalue weighted by molar-refractivity contribution is 5.76. The Kier molecular flexibility index (Phi) is 61.0. The van der Waals surface area contributed by atoms with Crippen LogP contribution in [-0.4, -0.2) is 193 Å². The van der Waals surface area contributed by atoms with Crippen molar-refractivity contribution < 1.29 is 89.4 Å². The van der Waals surface area contributed by atoms with Crippen molar-refractivity contribution in [1.82, 2.24) is 5.32 Å². The summed E-state index contributed by atoms with van der Waals surface area (Å²) in [6.07, 6.45) is 62.8. The summed E-state index contributed by atoms with van der Waals surface area (Å²) >= 11 is 0. The molecule has 3 rings (SSSR count). The second kappa shape index (κ2) is 66.6. The normalized spacial score (nSPS) is 26.1. The first-order chi connectivity index (χ1) is 51.8. The number of aliphatic hydroxyl groups is 11. The Morgan fingerprint density at radius 1 is 0.349 bits per heavy atom. The lowest BCUT2D eigenvalue weighted by Crippen LogP contribution is -2.66. The number of nitrogens with one attached hydrogen (secondary N) is 1. The van der Waals surface area contributed by atoms with Crippen LogP contribution in [0.4, 0.5) is 0 Å². The molecule has 19 heteroatoms. The zero-order chi connectivity index (χ0) is 76.7. The van der Waals surface area contributed by atoms with Crippen LogP contribution in [0.2, 0.25) is 0 Å². The summed E-state index contributed by atoms with van der Waals surface area (Å²) in [5.41, 5.74) is 0. The molecule has 0 saturated carbocycles. The van der Waals surface area contributed by atoms with E-state index in [1.807, 2.05) is 6.08 Å². The molecule has 3 heterocycles. The zero-order valence-electron chi connectivity index (χ0n) is 66.2. The molecular weight excluding hydrogens is 1350 g/mol. The van der Waals surface area contributed by atoms with E-state index in [1.165, 1.54) is 205 Å². The number of allylic oxidation sites excluding steroid dienone is 13. The molecule has 0 radical (unpaired) electrons. The summed E-state index contributed by atoms with van der Waals surface area (Å²) < 4.78 is 34.5. The Balaban J connectivity index is 1.36. The molecule has 0 aromatic rings. The number of rotatable bonds is 68. The Hall–Kier alpha value is -3.03. The molecule has 0 aliphatic carbocycles. The number of amides is 1. The topological polar surface area (TPSA) is 307 Å². The van der Waals surface area contributed by atoms with Crippen molar-refractivity contribution in [2.75, 3.05) is 26.4 Å². The number of carbonyl (C=O) groups excluding carboxylic acids is 1. The number of hydrogen-bond donors (Lipinski definition) is 12. The van der Waals surface area contributed by atoms with Gasteiger partial charge in [-0.05, 0) is 70.6 Å². The Bertz CT molecular complexity index is 2240. The van der Waals surface area contributed by atoms with Crippen LogP contribution in [0, 0.1) is 0 Å². The van der Waals surface area contributed by atoms with E-state index in [9.17, 15) is 61.0 Å². The van der Waals surface area contributed by atoms with E-state index in [2.05, 4.69) is 92.1 Å². The fourth-order valence-electron chi connectivity index (χ4n) is 14.1. The Morgan fingerprint density at radius 2 is 0.651 bits per heavy atom. The summed E-state index contributed by atoms with van der Waals surface area (Å²) in [4.78, 5) is 13.5. The quantitative estimate of drug-likeness (QED) is 0.0199. The number of aliphatic hydroxyl groups excluding tert-OH is 11. The van der Waals surface area contributed by atoms with E-state index in [1.54, 1.807) is 6.08 Å². The van der Waals surface area contributed by atoms with Gasteiger partial charge in [0, 0.05) is 6.42 Å². The van der Waals surface area contributed by atoms with Gasteiger partial charge in [0.05, 0.1) is 38.6 Å². The molecule has 17 unspecified atom stereocenters. The molecule has 3 aliphatic heterocycles. The summed E-state index contributed by atoms with van der Waals surface area (Å²) in [6.45, 7) is 1.66. The van der Waals surface area contributed by atoms with Crippen molar-refractivity contribution in [2.45, 2.75) is 433 Å². The monoisotopic (exact) mass is 1500 g/mol. The van der Waals surface area contributed by atoms with E-state index in [4.69, 9.17) is 28.4 Å². The lowest BCUT2D eigenvalue weighted by Gasteiger charge is -2.48. The smallest absolute Gasteiger partial charge is 0.220 e. The number of carbonyl (C=O) groups is 1. The van der Waals surface area contributed by atoms with Gasteiger partial charge in [-0.25, -0.2) is 0 Å². The Morgan fingerprint density at radius 3 is 1.02 bits per heavy atom. The van der Waals surface area contributed by atoms with Gasteiger partial charge in [-0.3, -0.25) is 4.79 Å². The highest BCUT2D eigenvalue weighted by atomic mass is 16.8. The first kappa shape index (κ1) is 97.2. The minimum Gasteiger partial charge on any atom is -0.394 e. The number of hydrogen-bond acceptors (Lipinski definition) is 18. The third-order valence-corrected chi connectivity index (χ3v) is 20.9. The largest absolute Gasteiger partial charge is 0.394 e. The van der Waals surface area contributed by atoms with Gasteiger partial charge in [0.15, 0.2) is 18.9 Å². The second-order valence-electron chi connectivity index (χ2n) is 30.3. The standard InChI is InChI=1S/C87H155NO18/c1-3-5-7-9-11-13-15-17-19-21-23-25-27-29-31-33-35-37-39-41-43-45-47-49-51-53-55-57-59-61-63-65-75(93)88-70(71(92)64-62-60-58-56-54-52-50-48-46-44-42-40-38-36-34-32-30-28-26-24-22-20-18-16-14-12-10-8-6-4-2)69-101-85-81(99)78(96)83(73(67-90)103-85)106-87-82(100)79(97)84(74(68-91)104-87)105-86-80(98)77(95)76(94)72(66-89)102-86/h5,7,11,13,17,19,23,25,29,31,35,37,62,64,70-74,76-87,89-92,94-100H,3-4,6,8-10,12,14-16,18,20-22,24,26-28,30,32-34,36,38-61,63,65-69H2,1-2H3,(H,88,93)/b7-5-,13-11-,19-17-,25-23-,31-29-,37-35-,64-62+. The molecule has 0 aromatic carbocycles. The summed E-state index contributed by atoms with van der Waals surface area (Å²) in [5.74, 6) is -0.277. The molecular formula is C87H155NO18. The van der Waals surface area contributed by atoms with Crippen LogP contribution in [0.3, 0.4) is 0 Å². The lowest BCUT2D eigenvalue weighted by molar-refractivity contribution is -0.379. The van der Waals surface area contributed by atoms with Crippen LogP contribution in [0.15, 0.2) is 85.1 Å². The van der Waals surface area contributed by atoms with E-state index < -0.39 is 124 Å². The summed E-state index contributed by atoms with van der Waals surface area (Å²) in [5, 5.41) is 121. The highest BCUT2D eigenvalue weighted by Crippen LogP contribution is 2.33. The predicted octanol–water partition coefficient (Wildman–Crippen LogP) is 15.3. The molecule has 0 aromatic heterocycles. The van der Waals surface area contributed by atoms with Crippen molar-refractivity contribution in [2.24, 2.45) is 0 Å². The first-order valence-electron chi connectivity index (χ1n) is 42.8. The lowest BCUT2D eigenvalue weighted by atomic mass is 9.96. The minimum atomic E-state index is -1.98. The minimum absolute atomic E-state index is 0.237. The molecule has 0 bridgehead atoms. The van der Waals surface area contributed by atoms with Crippen molar-refractivity contribution in [3.8, 4) is 0 Å². The van der Waals surface area contributed by atoms with E-state index in [-0.39, 0.29) is 18.9 Å². The maximum atomic E-state index is 13.5. The van der Waals surface area contributed by atoms with Crippen LogP contribution in [0.5, 0.6) is 0 Å². The fourth-order valence-corrected chi connectivity index (χ4v) is 14.1. The molecule has 1 amide bonds. The van der Waals surface area contributed by atoms with Crippen molar-refractivity contribution >= 4 is 5.91 Å². The molecule has 3 saturated heterocycles. The summed E-state index contributed by atoms with van der Waals surface area (Å²) in [6, 6.07) is -0.981. The van der Waals surface area contributed by atoms with Gasteiger partial charge in [-0.15, -0.1) is 0 Å². The van der Waals surface area contributed by atoms with E-state index in [0.717, 1.165) is 96.3 Å². The van der Waals surface area contributed by atoms with Crippen LogP contribution in [0.1, 0.15) is 328 Å². The van der Waals surface area contributed by atoms with Crippen molar-refractivity contribution in [3.05, 3.63) is 85.1 Å². The maximum Gasteiger partial charge on any atom is 0.220 e. The first-order valence-corrected chi connectivity index (χ1v) is 42.8. The van der Waals surface area contributed by atoms with Gasteiger partial charge < -0.3 is 89.9 Å². The van der Waals surface area contributed by atoms with Crippen LogP contribution < -0.4 is 5.32 Å². The molecule has 616 valence electrons. The molecule has 106 heavy (non-hydrogen) atoms. The molecule has 3 aliphatic rings. The van der Waals surface area contributed by atoms with E-state index >= 15 is 0 Å². The molecule has 0 spiro atoms. The predicted molar refractivity (Wildman–Crippen MR) is 424 cm³/mol. The third-order valence-electron chi connectivity index (χ3n) is 20.9. The van der Waals surface area contributed by atoms with Gasteiger partial charge in [0.2, 0.25) is 5.91 Å². The summed E-state index contributed by atoms with van der Waals surface area (Å²) in [7, 11) is 0. The highest BCUT2D eigenvalue weighted by Gasteiger charge is 2.54. The molecule has 19 nitrogen and oxygen atoms in total. The van der Waals surface area contributed by atoms with Gasteiger partial charge >= 0.3 is 0 Å². The molecule has 12 N–H and O–H groups in total. The average Bonchev–Trinajstić information content (AvgIpc) is 0.780. The second-order valence-corrected chi connectivity index (χ2v) is 30.3. The zero-order valence-corrected chi connectivity index (χ0v) is 66.2. The SMILES string of the molecule is CC/C=C\C/C=C\C/C=C\C/C=C\C/C=C\C/C=C\CCCCCCCCCCCCCCC(=O)NC(COC1OC(CO)C(OC2OC(CO)C(OC3OC(CO)C(O)C(O)C3O)C(O)C2O)C(O)C1O)C(O)/C=C/CCCCCCCCCCCCCCCCCCCCCCCCCCCCCC. The maximum absolute atomic E-state index is 13.5. The van der Waals surface area contributed by atoms with Crippen LogP contribution in [0.25, 0.3) is 0 Å². The van der Waals surface area contributed by atoms with Crippen LogP contribution in [-0.2, 0) is 33.2 Å². The van der Waals surface area contributed by atoms with Gasteiger partial charge in [0.1, 0.15) is 73.2 Å². The van der Waals surface area contributed by atoms with Gasteiger partial charge in [-0.1, -0.05) is 336 Å². The molecule has 3 fully saturated rings. The van der Waals surface area contributed by atoms with Gasteiger partial charge in [0.25, 0.3) is 0 Å². The van der Waals surface area contributed by atoms with Crippen molar-refractivity contribution in [1.29, 1.82) is 0 Å². The van der Waals surface area contributed by atoms with Gasteiger partial charge in [-0.2, -0.15) is 0 Å². The fraction of sp³-hybridized carbons (Fsp3) is 0.828. The van der Waals surface area contributed by atoms with E-state index in [0.29, 0.717) is 6.42 Å². The average molecular weight is 1500 g/mol. The number of unbranched alkanes of at least 4 members (excludes halogenated alkanes) is 40. The van der Waals surface area contributed by atoms with Crippen LogP contribution >= 0.6 is 0 Å². The third kappa shape index (κ3) is 45.5. The Labute approximate surface area is 641 Å². The number of ether oxygens (including phenoxy) is 6. The van der Waals surface area contributed by atoms with Crippen molar-refractivity contribution in [3.63, 3.8) is 0 Å².